The summed E-state index contributed by atoms with van der Waals surface area (Å²) in [7, 11) is 0. The fourth-order valence-corrected chi connectivity index (χ4v) is 3.76. The summed E-state index contributed by atoms with van der Waals surface area (Å²) in [6, 6.07) is 13.9. The summed E-state index contributed by atoms with van der Waals surface area (Å²) in [6.07, 6.45) is 0. The van der Waals surface area contributed by atoms with E-state index in [0.717, 1.165) is 16.5 Å². The SMILES string of the molecule is CC(Sc1nnc(N)s1)C(=O)Nc1ccc2ccccc2c1. The van der Waals surface area contributed by atoms with Gasteiger partial charge in [-0.05, 0) is 29.8 Å². The normalized spacial score (nSPS) is 12.2. The van der Waals surface area contributed by atoms with Crippen LogP contribution in [-0.2, 0) is 4.79 Å². The molecule has 0 saturated carbocycles. The molecule has 1 aromatic heterocycles. The van der Waals surface area contributed by atoms with Crippen LogP contribution in [0.4, 0.5) is 10.8 Å². The predicted octanol–water partition coefficient (Wildman–Crippen LogP) is 3.39. The van der Waals surface area contributed by atoms with Gasteiger partial charge in [-0.15, -0.1) is 10.2 Å². The molecule has 3 N–H and O–H groups in total. The van der Waals surface area contributed by atoms with Crippen LogP contribution in [0, 0.1) is 0 Å². The highest BCUT2D eigenvalue weighted by Crippen LogP contribution is 2.28. The van der Waals surface area contributed by atoms with Crippen LogP contribution in [0.15, 0.2) is 46.8 Å². The second-order valence-electron chi connectivity index (χ2n) is 4.72. The summed E-state index contributed by atoms with van der Waals surface area (Å²) >= 11 is 2.63. The van der Waals surface area contributed by atoms with Crippen LogP contribution in [0.1, 0.15) is 6.92 Å². The lowest BCUT2D eigenvalue weighted by Crippen LogP contribution is -2.22. The Balaban J connectivity index is 1.69. The van der Waals surface area contributed by atoms with E-state index < -0.39 is 0 Å². The highest BCUT2D eigenvalue weighted by Gasteiger charge is 2.17. The van der Waals surface area contributed by atoms with Gasteiger partial charge in [0.25, 0.3) is 0 Å². The van der Waals surface area contributed by atoms with E-state index >= 15 is 0 Å². The summed E-state index contributed by atoms with van der Waals surface area (Å²) in [5.74, 6) is -0.0750. The van der Waals surface area contributed by atoms with Crippen molar-refractivity contribution in [3.05, 3.63) is 42.5 Å². The summed E-state index contributed by atoms with van der Waals surface area (Å²) < 4.78 is 0.693. The van der Waals surface area contributed by atoms with Crippen molar-refractivity contribution in [1.82, 2.24) is 10.2 Å². The van der Waals surface area contributed by atoms with Gasteiger partial charge in [0.2, 0.25) is 11.0 Å². The number of hydrogen-bond acceptors (Lipinski definition) is 6. The number of fused-ring (bicyclic) bond motifs is 1. The average molecular weight is 330 g/mol. The molecule has 22 heavy (non-hydrogen) atoms. The molecule has 2 aromatic carbocycles. The van der Waals surface area contributed by atoms with Crippen molar-refractivity contribution in [2.45, 2.75) is 16.5 Å². The van der Waals surface area contributed by atoms with Crippen LogP contribution in [0.2, 0.25) is 0 Å². The number of thioether (sulfide) groups is 1. The minimum absolute atomic E-state index is 0.0750. The smallest absolute Gasteiger partial charge is 0.237 e. The number of nitrogens with zero attached hydrogens (tertiary/aromatic N) is 2. The predicted molar refractivity (Wildman–Crippen MR) is 92.2 cm³/mol. The van der Waals surface area contributed by atoms with Crippen LogP contribution in [0.25, 0.3) is 10.8 Å². The fraction of sp³-hybridized carbons (Fsp3) is 0.133. The molecule has 5 nitrogen and oxygen atoms in total. The molecule has 1 amide bonds. The number of benzene rings is 2. The molecule has 0 aliphatic carbocycles. The van der Waals surface area contributed by atoms with E-state index in [2.05, 4.69) is 15.5 Å². The van der Waals surface area contributed by atoms with Crippen LogP contribution < -0.4 is 11.1 Å². The number of hydrogen-bond donors (Lipinski definition) is 2. The molecule has 3 aromatic rings. The fourth-order valence-electron chi connectivity index (χ4n) is 1.98. The summed E-state index contributed by atoms with van der Waals surface area (Å²) in [5, 5.41) is 12.9. The highest BCUT2D eigenvalue weighted by atomic mass is 32.2. The van der Waals surface area contributed by atoms with Crippen molar-refractivity contribution in [3.8, 4) is 0 Å². The number of nitrogen functional groups attached to an aromatic ring is 1. The number of anilines is 2. The first kappa shape index (κ1) is 14.8. The molecule has 7 heteroatoms. The monoisotopic (exact) mass is 330 g/mol. The third-order valence-corrected chi connectivity index (χ3v) is 5.02. The number of nitrogens with two attached hydrogens (primary N) is 1. The van der Waals surface area contributed by atoms with Crippen molar-refractivity contribution in [3.63, 3.8) is 0 Å². The van der Waals surface area contributed by atoms with E-state index in [9.17, 15) is 4.79 Å². The van der Waals surface area contributed by atoms with Crippen molar-refractivity contribution in [1.29, 1.82) is 0 Å². The Labute approximate surface area is 135 Å². The molecule has 112 valence electrons. The molecular formula is C15H14N4OS2. The van der Waals surface area contributed by atoms with Gasteiger partial charge in [0, 0.05) is 5.69 Å². The zero-order valence-electron chi connectivity index (χ0n) is 11.8. The van der Waals surface area contributed by atoms with E-state index in [4.69, 9.17) is 5.73 Å². The van der Waals surface area contributed by atoms with Crippen LogP contribution >= 0.6 is 23.1 Å². The van der Waals surface area contributed by atoms with Crippen molar-refractivity contribution >= 4 is 50.6 Å². The molecule has 1 atom stereocenters. The molecule has 0 aliphatic rings. The number of aromatic nitrogens is 2. The Morgan fingerprint density at radius 2 is 2.00 bits per heavy atom. The molecule has 0 aliphatic heterocycles. The number of nitrogens with one attached hydrogen (secondary N) is 1. The maximum Gasteiger partial charge on any atom is 0.237 e. The standard InChI is InChI=1S/C15H14N4OS2/c1-9(21-15-19-18-14(16)22-15)13(20)17-12-7-6-10-4-2-3-5-11(10)8-12/h2-9H,1H3,(H2,16,18)(H,17,20). The van der Waals surface area contributed by atoms with Crippen LogP contribution in [0.5, 0.6) is 0 Å². The molecule has 3 rings (SSSR count). The first-order chi connectivity index (χ1) is 10.6. The van der Waals surface area contributed by atoms with E-state index in [1.807, 2.05) is 49.4 Å². The van der Waals surface area contributed by atoms with E-state index in [1.54, 1.807) is 0 Å². The molecule has 0 fully saturated rings. The maximum absolute atomic E-state index is 12.3. The summed E-state index contributed by atoms with van der Waals surface area (Å²) in [4.78, 5) is 12.3. The number of rotatable bonds is 4. The van der Waals surface area contributed by atoms with Crippen LogP contribution in [-0.4, -0.2) is 21.4 Å². The van der Waals surface area contributed by atoms with Gasteiger partial charge in [0.05, 0.1) is 5.25 Å². The van der Waals surface area contributed by atoms with Gasteiger partial charge >= 0.3 is 0 Å². The molecule has 0 saturated heterocycles. The lowest BCUT2D eigenvalue weighted by atomic mass is 10.1. The van der Waals surface area contributed by atoms with Crippen molar-refractivity contribution < 1.29 is 4.79 Å². The first-order valence-corrected chi connectivity index (χ1v) is 8.37. The number of carbonyl (C=O) groups is 1. The lowest BCUT2D eigenvalue weighted by Gasteiger charge is -2.11. The minimum Gasteiger partial charge on any atom is -0.374 e. The molecule has 0 radical (unpaired) electrons. The Morgan fingerprint density at radius 1 is 1.23 bits per heavy atom. The maximum atomic E-state index is 12.3. The first-order valence-electron chi connectivity index (χ1n) is 6.67. The van der Waals surface area contributed by atoms with E-state index in [1.165, 1.54) is 23.1 Å². The molecule has 0 bridgehead atoms. The topological polar surface area (TPSA) is 80.9 Å². The van der Waals surface area contributed by atoms with Gasteiger partial charge in [0.15, 0.2) is 4.34 Å². The second-order valence-corrected chi connectivity index (χ2v) is 7.31. The molecule has 0 spiro atoms. The quantitative estimate of drug-likeness (QED) is 0.717. The third kappa shape index (κ3) is 3.37. The van der Waals surface area contributed by atoms with Gasteiger partial charge < -0.3 is 11.1 Å². The van der Waals surface area contributed by atoms with Crippen molar-refractivity contribution in [2.24, 2.45) is 0 Å². The largest absolute Gasteiger partial charge is 0.374 e. The Bertz CT molecular complexity index is 818. The molecule has 1 unspecified atom stereocenters. The number of carbonyl (C=O) groups excluding carboxylic acids is 1. The summed E-state index contributed by atoms with van der Waals surface area (Å²) in [6.45, 7) is 1.83. The van der Waals surface area contributed by atoms with Gasteiger partial charge in [-0.2, -0.15) is 0 Å². The summed E-state index contributed by atoms with van der Waals surface area (Å²) in [5.41, 5.74) is 6.32. The van der Waals surface area contributed by atoms with Gasteiger partial charge in [0.1, 0.15) is 0 Å². The number of amides is 1. The van der Waals surface area contributed by atoms with E-state index in [0.29, 0.717) is 9.47 Å². The zero-order valence-corrected chi connectivity index (χ0v) is 13.4. The lowest BCUT2D eigenvalue weighted by molar-refractivity contribution is -0.115. The van der Waals surface area contributed by atoms with Gasteiger partial charge in [-0.25, -0.2) is 0 Å². The molecular weight excluding hydrogens is 316 g/mol. The van der Waals surface area contributed by atoms with Crippen LogP contribution in [0.3, 0.4) is 0 Å². The Morgan fingerprint density at radius 3 is 2.73 bits per heavy atom. The molecule has 1 heterocycles. The Hall–Kier alpha value is -2.12. The Kier molecular flexibility index (Phi) is 4.26. The second kappa shape index (κ2) is 6.33. The zero-order chi connectivity index (χ0) is 15.5. The van der Waals surface area contributed by atoms with Gasteiger partial charge in [-0.3, -0.25) is 4.79 Å². The third-order valence-electron chi connectivity index (χ3n) is 3.09. The minimum atomic E-state index is -0.279. The van der Waals surface area contributed by atoms with Gasteiger partial charge in [-0.1, -0.05) is 53.4 Å². The van der Waals surface area contributed by atoms with Crippen molar-refractivity contribution in [2.75, 3.05) is 11.1 Å². The van der Waals surface area contributed by atoms with E-state index in [-0.39, 0.29) is 11.2 Å². The average Bonchev–Trinajstić information content (AvgIpc) is 2.92. The highest BCUT2D eigenvalue weighted by molar-refractivity contribution is 8.02.